The van der Waals surface area contributed by atoms with Gasteiger partial charge in [-0.3, -0.25) is 10.1 Å². The SMILES string of the molecule is Cc1ccc(S(=O)(=O)n2ccc3c(NN4CC(OC(N)=O)C4)c([N+](=O)[O-])cnc32)cc1. The van der Waals surface area contributed by atoms with E-state index in [9.17, 15) is 23.3 Å². The number of rotatable bonds is 6. The zero-order chi connectivity index (χ0) is 22.3. The summed E-state index contributed by atoms with van der Waals surface area (Å²) in [5, 5.41) is 13.4. The third kappa shape index (κ3) is 3.75. The Morgan fingerprint density at radius 2 is 1.97 bits per heavy atom. The number of carbonyl (C=O) groups excluding carboxylic acids is 1. The number of anilines is 1. The summed E-state index contributed by atoms with van der Waals surface area (Å²) < 4.78 is 32.0. The molecule has 3 aromatic rings. The number of aromatic nitrogens is 2. The lowest BCUT2D eigenvalue weighted by Gasteiger charge is -2.38. The van der Waals surface area contributed by atoms with Gasteiger partial charge in [0.2, 0.25) is 0 Å². The number of nitrogens with zero attached hydrogens (tertiary/aromatic N) is 4. The number of pyridine rings is 1. The standard InChI is InChI=1S/C18H18N6O6S/c1-11-2-4-13(5-3-11)31(28,29)23-7-6-14-16(15(24(26)27)8-20-17(14)23)21-22-9-12(10-22)30-18(19)25/h2-8,12H,9-10H2,1H3,(H2,19,25)(H,20,21). The van der Waals surface area contributed by atoms with Gasteiger partial charge in [-0.15, -0.1) is 0 Å². The summed E-state index contributed by atoms with van der Waals surface area (Å²) in [6.45, 7) is 2.35. The van der Waals surface area contributed by atoms with Gasteiger partial charge in [0.15, 0.2) is 5.65 Å². The van der Waals surface area contributed by atoms with Gasteiger partial charge in [0, 0.05) is 6.20 Å². The zero-order valence-corrected chi connectivity index (χ0v) is 17.1. The van der Waals surface area contributed by atoms with E-state index in [0.29, 0.717) is 0 Å². The number of nitrogens with two attached hydrogens (primary N) is 1. The number of primary amides is 1. The Labute approximate surface area is 176 Å². The van der Waals surface area contributed by atoms with Crippen molar-refractivity contribution in [1.29, 1.82) is 0 Å². The molecule has 1 aromatic carbocycles. The van der Waals surface area contributed by atoms with E-state index in [2.05, 4.69) is 10.4 Å². The van der Waals surface area contributed by atoms with Crippen LogP contribution in [0.3, 0.4) is 0 Å². The first-order valence-electron chi connectivity index (χ1n) is 9.11. The highest BCUT2D eigenvalue weighted by molar-refractivity contribution is 7.90. The number of nitro groups is 1. The Kier molecular flexibility index (Phi) is 4.99. The molecule has 0 aliphatic carbocycles. The third-order valence-corrected chi connectivity index (χ3v) is 6.52. The van der Waals surface area contributed by atoms with Gasteiger partial charge in [-0.25, -0.2) is 27.2 Å². The molecule has 13 heteroatoms. The first-order chi connectivity index (χ1) is 14.7. The molecule has 0 saturated carbocycles. The summed E-state index contributed by atoms with van der Waals surface area (Å²) in [4.78, 5) is 25.8. The van der Waals surface area contributed by atoms with E-state index in [1.807, 2.05) is 6.92 Å². The molecule has 1 aliphatic rings. The normalized spacial score (nSPS) is 14.9. The molecule has 3 heterocycles. The van der Waals surface area contributed by atoms with Crippen LogP contribution in [0.1, 0.15) is 5.56 Å². The number of fused-ring (bicyclic) bond motifs is 1. The van der Waals surface area contributed by atoms with Crippen LogP contribution in [0, 0.1) is 17.0 Å². The van der Waals surface area contributed by atoms with Crippen LogP contribution in [0.4, 0.5) is 16.2 Å². The van der Waals surface area contributed by atoms with Crippen LogP contribution in [-0.4, -0.2) is 52.6 Å². The average molecular weight is 446 g/mol. The molecule has 31 heavy (non-hydrogen) atoms. The van der Waals surface area contributed by atoms with Crippen LogP contribution in [-0.2, 0) is 14.8 Å². The summed E-state index contributed by atoms with van der Waals surface area (Å²) in [7, 11) is -3.96. The number of benzene rings is 1. The van der Waals surface area contributed by atoms with E-state index in [1.165, 1.54) is 24.4 Å². The van der Waals surface area contributed by atoms with Gasteiger partial charge in [0.1, 0.15) is 18.0 Å². The second-order valence-corrected chi connectivity index (χ2v) is 8.83. The van der Waals surface area contributed by atoms with E-state index in [1.54, 1.807) is 17.1 Å². The lowest BCUT2D eigenvalue weighted by molar-refractivity contribution is -0.384. The van der Waals surface area contributed by atoms with Crippen molar-refractivity contribution in [3.8, 4) is 0 Å². The van der Waals surface area contributed by atoms with Gasteiger partial charge in [-0.1, -0.05) is 17.7 Å². The molecule has 0 bridgehead atoms. The molecule has 162 valence electrons. The molecule has 0 unspecified atom stereocenters. The molecule has 1 amide bonds. The number of nitrogens with one attached hydrogen (secondary N) is 1. The zero-order valence-electron chi connectivity index (χ0n) is 16.3. The molecule has 3 N–H and O–H groups in total. The molecular weight excluding hydrogens is 428 g/mol. The number of carbonyl (C=O) groups is 1. The van der Waals surface area contributed by atoms with Crippen molar-refractivity contribution in [3.63, 3.8) is 0 Å². The second-order valence-electron chi connectivity index (χ2n) is 7.02. The van der Waals surface area contributed by atoms with Gasteiger partial charge in [0.05, 0.1) is 28.3 Å². The van der Waals surface area contributed by atoms with E-state index < -0.39 is 27.1 Å². The lowest BCUT2D eigenvalue weighted by atomic mass is 10.2. The maximum atomic E-state index is 13.1. The minimum absolute atomic E-state index is 0.0409. The smallest absolute Gasteiger partial charge is 0.404 e. The molecule has 2 aromatic heterocycles. The molecule has 0 atom stereocenters. The predicted octanol–water partition coefficient (Wildman–Crippen LogP) is 1.60. The Bertz CT molecular complexity index is 1280. The van der Waals surface area contributed by atoms with Gasteiger partial charge in [0.25, 0.3) is 10.0 Å². The first kappa shape index (κ1) is 20.6. The van der Waals surface area contributed by atoms with Gasteiger partial charge in [-0.05, 0) is 25.1 Å². The largest absolute Gasteiger partial charge is 0.444 e. The number of hydrazine groups is 1. The summed E-state index contributed by atoms with van der Waals surface area (Å²) in [6, 6.07) is 7.77. The summed E-state index contributed by atoms with van der Waals surface area (Å²) in [5.74, 6) is 0. The topological polar surface area (TPSA) is 163 Å². The van der Waals surface area contributed by atoms with Crippen molar-refractivity contribution >= 4 is 38.5 Å². The fourth-order valence-corrected chi connectivity index (χ4v) is 4.55. The van der Waals surface area contributed by atoms with Crippen molar-refractivity contribution in [2.45, 2.75) is 17.9 Å². The maximum Gasteiger partial charge on any atom is 0.404 e. The summed E-state index contributed by atoms with van der Waals surface area (Å²) in [6.07, 6.45) is 0.966. The highest BCUT2D eigenvalue weighted by atomic mass is 32.2. The summed E-state index contributed by atoms with van der Waals surface area (Å²) >= 11 is 0. The van der Waals surface area contributed by atoms with Crippen LogP contribution in [0.2, 0.25) is 0 Å². The maximum absolute atomic E-state index is 13.1. The van der Waals surface area contributed by atoms with Crippen LogP contribution >= 0.6 is 0 Å². The second kappa shape index (κ2) is 7.52. The molecule has 1 saturated heterocycles. The van der Waals surface area contributed by atoms with Crippen molar-refractivity contribution in [3.05, 3.63) is 58.4 Å². The number of hydrogen-bond donors (Lipinski definition) is 2. The quantitative estimate of drug-likeness (QED) is 0.423. The number of aryl methyl sites for hydroxylation is 1. The Morgan fingerprint density at radius 3 is 2.58 bits per heavy atom. The van der Waals surface area contributed by atoms with Gasteiger partial charge >= 0.3 is 11.8 Å². The fourth-order valence-electron chi connectivity index (χ4n) is 3.25. The lowest BCUT2D eigenvalue weighted by Crippen LogP contribution is -2.55. The average Bonchev–Trinajstić information content (AvgIpc) is 3.11. The molecule has 0 spiro atoms. The van der Waals surface area contributed by atoms with Crippen LogP contribution < -0.4 is 11.2 Å². The molecule has 12 nitrogen and oxygen atoms in total. The Hall–Kier alpha value is -3.71. The minimum atomic E-state index is -3.96. The highest BCUT2D eigenvalue weighted by Crippen LogP contribution is 2.34. The fraction of sp³-hybridized carbons (Fsp3) is 0.222. The predicted molar refractivity (Wildman–Crippen MR) is 110 cm³/mol. The van der Waals surface area contributed by atoms with E-state index >= 15 is 0 Å². The van der Waals surface area contributed by atoms with Crippen molar-refractivity contribution in [1.82, 2.24) is 14.0 Å². The van der Waals surface area contributed by atoms with Crippen LogP contribution in [0.5, 0.6) is 0 Å². The van der Waals surface area contributed by atoms with Gasteiger partial charge < -0.3 is 15.9 Å². The molecule has 0 radical (unpaired) electrons. The minimum Gasteiger partial charge on any atom is -0.444 e. The number of hydrogen-bond acceptors (Lipinski definition) is 9. The van der Waals surface area contributed by atoms with Crippen molar-refractivity contribution < 1.29 is 22.9 Å². The van der Waals surface area contributed by atoms with E-state index in [0.717, 1.165) is 15.7 Å². The summed E-state index contributed by atoms with van der Waals surface area (Å²) in [5.41, 5.74) is 8.59. The van der Waals surface area contributed by atoms with Crippen molar-refractivity contribution in [2.75, 3.05) is 18.5 Å². The Morgan fingerprint density at radius 1 is 1.29 bits per heavy atom. The highest BCUT2D eigenvalue weighted by Gasteiger charge is 2.32. The van der Waals surface area contributed by atoms with Crippen molar-refractivity contribution in [2.24, 2.45) is 5.73 Å². The van der Waals surface area contributed by atoms with E-state index in [-0.39, 0.29) is 40.4 Å². The van der Waals surface area contributed by atoms with E-state index in [4.69, 9.17) is 10.5 Å². The molecule has 4 rings (SSSR count). The number of amides is 1. The first-order valence-corrected chi connectivity index (χ1v) is 10.5. The molecule has 1 aliphatic heterocycles. The molecule has 1 fully saturated rings. The molecular formula is C18H18N6O6S. The monoisotopic (exact) mass is 446 g/mol. The van der Waals surface area contributed by atoms with Gasteiger partial charge in [-0.2, -0.15) is 0 Å². The third-order valence-electron chi connectivity index (χ3n) is 4.84. The van der Waals surface area contributed by atoms with Crippen LogP contribution in [0.15, 0.2) is 47.6 Å². The number of ether oxygens (including phenoxy) is 1. The van der Waals surface area contributed by atoms with Crippen LogP contribution in [0.25, 0.3) is 11.0 Å². The Balaban J connectivity index is 1.72.